The molecule has 2 amide bonds. The number of amidine groups is 1. The van der Waals surface area contributed by atoms with Crippen molar-refractivity contribution in [1.29, 1.82) is 0 Å². The Labute approximate surface area is 155 Å². The quantitative estimate of drug-likeness (QED) is 0.892. The second kappa shape index (κ2) is 5.83. The van der Waals surface area contributed by atoms with E-state index in [-0.39, 0.29) is 17.5 Å². The minimum absolute atomic E-state index is 0.0527. The number of imidazole rings is 1. The number of nitrogens with zero attached hydrogens (tertiary/aromatic N) is 4. The van der Waals surface area contributed by atoms with Gasteiger partial charge in [-0.15, -0.1) is 0 Å². The molecule has 1 aromatic rings. The number of rotatable bonds is 4. The fourth-order valence-corrected chi connectivity index (χ4v) is 5.40. The molecule has 0 spiro atoms. The van der Waals surface area contributed by atoms with Gasteiger partial charge in [-0.2, -0.15) is 0 Å². The van der Waals surface area contributed by atoms with Crippen LogP contribution >= 0.6 is 0 Å². The molecular formula is C20H29N5O. The first kappa shape index (κ1) is 16.3. The van der Waals surface area contributed by atoms with Crippen LogP contribution in [0.5, 0.6) is 0 Å². The van der Waals surface area contributed by atoms with Gasteiger partial charge in [0.25, 0.3) is 0 Å². The van der Waals surface area contributed by atoms with Crippen molar-refractivity contribution >= 4 is 17.7 Å². The largest absolute Gasteiger partial charge is 0.337 e. The van der Waals surface area contributed by atoms with Crippen LogP contribution in [-0.4, -0.2) is 45.9 Å². The second-order valence-corrected chi connectivity index (χ2v) is 8.61. The minimum atomic E-state index is 0.0527. The Hall–Kier alpha value is -1.85. The first-order chi connectivity index (χ1) is 12.6. The smallest absolute Gasteiger partial charge is 0.331 e. The molecule has 1 N–H and O–H groups in total. The number of urea groups is 1. The Kier molecular flexibility index (Phi) is 3.66. The zero-order valence-electron chi connectivity index (χ0n) is 15.9. The van der Waals surface area contributed by atoms with E-state index < -0.39 is 0 Å². The minimum Gasteiger partial charge on any atom is -0.337 e. The van der Waals surface area contributed by atoms with Crippen LogP contribution in [0.1, 0.15) is 76.7 Å². The Morgan fingerprint density at radius 1 is 1.19 bits per heavy atom. The van der Waals surface area contributed by atoms with Gasteiger partial charge in [0.2, 0.25) is 0 Å². The first-order valence-electron chi connectivity index (χ1n) is 10.4. The average molecular weight is 355 g/mol. The molecule has 5 aliphatic rings. The number of hydrogen-bond donors (Lipinski definition) is 1. The molecule has 2 aliphatic heterocycles. The Morgan fingerprint density at radius 2 is 1.92 bits per heavy atom. The number of aliphatic imine (C=N–C) groups is 1. The molecular weight excluding hydrogens is 326 g/mol. The average Bonchev–Trinajstić information content (AvgIpc) is 3.31. The molecule has 0 unspecified atom stereocenters. The lowest BCUT2D eigenvalue weighted by atomic mass is 9.60. The van der Waals surface area contributed by atoms with Crippen molar-refractivity contribution in [2.45, 2.75) is 76.7 Å². The van der Waals surface area contributed by atoms with Crippen molar-refractivity contribution in [2.75, 3.05) is 18.0 Å². The van der Waals surface area contributed by atoms with E-state index in [1.165, 1.54) is 38.5 Å². The summed E-state index contributed by atoms with van der Waals surface area (Å²) in [7, 11) is 0. The number of carbonyl (C=O) groups is 1. The summed E-state index contributed by atoms with van der Waals surface area (Å²) >= 11 is 0. The van der Waals surface area contributed by atoms with Gasteiger partial charge in [0, 0.05) is 12.0 Å². The number of amides is 2. The Morgan fingerprint density at radius 3 is 2.58 bits per heavy atom. The summed E-state index contributed by atoms with van der Waals surface area (Å²) in [6.45, 7) is 5.67. The molecule has 6 nitrogen and oxygen atoms in total. The summed E-state index contributed by atoms with van der Waals surface area (Å²) in [6, 6.07) is 0.260. The highest BCUT2D eigenvalue weighted by atomic mass is 16.2. The van der Waals surface area contributed by atoms with Crippen molar-refractivity contribution in [1.82, 2.24) is 14.9 Å². The molecule has 3 fully saturated rings. The third-order valence-corrected chi connectivity index (χ3v) is 7.09. The maximum Gasteiger partial charge on any atom is 0.331 e. The van der Waals surface area contributed by atoms with E-state index in [1.807, 2.05) is 9.80 Å². The van der Waals surface area contributed by atoms with Crippen LogP contribution in [0.25, 0.3) is 0 Å². The lowest BCUT2D eigenvalue weighted by Crippen LogP contribution is -2.50. The number of aromatic amines is 1. The van der Waals surface area contributed by atoms with Crippen molar-refractivity contribution < 1.29 is 4.79 Å². The second-order valence-electron chi connectivity index (χ2n) is 8.61. The number of anilines is 1. The molecule has 1 atom stereocenters. The zero-order chi connectivity index (χ0) is 17.9. The predicted molar refractivity (Wildman–Crippen MR) is 102 cm³/mol. The van der Waals surface area contributed by atoms with Gasteiger partial charge in [0.05, 0.1) is 12.6 Å². The van der Waals surface area contributed by atoms with E-state index >= 15 is 0 Å². The van der Waals surface area contributed by atoms with Crippen molar-refractivity contribution in [2.24, 2.45) is 10.9 Å². The topological polar surface area (TPSA) is 64.6 Å². The van der Waals surface area contributed by atoms with Gasteiger partial charge in [-0.1, -0.05) is 13.8 Å². The van der Waals surface area contributed by atoms with E-state index in [2.05, 4.69) is 18.8 Å². The van der Waals surface area contributed by atoms with Crippen LogP contribution in [0, 0.1) is 5.92 Å². The normalized spacial score (nSPS) is 32.7. The monoisotopic (exact) mass is 355 g/mol. The predicted octanol–water partition coefficient (Wildman–Crippen LogP) is 3.82. The molecule has 140 valence electrons. The summed E-state index contributed by atoms with van der Waals surface area (Å²) in [4.78, 5) is 30.4. The summed E-state index contributed by atoms with van der Waals surface area (Å²) in [5.74, 6) is 3.68. The summed E-state index contributed by atoms with van der Waals surface area (Å²) < 4.78 is 0. The van der Waals surface area contributed by atoms with Gasteiger partial charge >= 0.3 is 6.03 Å². The number of fused-ring (bicyclic) bond motifs is 6. The summed E-state index contributed by atoms with van der Waals surface area (Å²) in [5, 5.41) is 0. The number of nitrogens with one attached hydrogen (secondary N) is 1. The number of aromatic nitrogens is 2. The van der Waals surface area contributed by atoms with E-state index in [0.717, 1.165) is 41.9 Å². The summed E-state index contributed by atoms with van der Waals surface area (Å²) in [5.41, 5.74) is 1.17. The maximum absolute atomic E-state index is 13.1. The highest BCUT2D eigenvalue weighted by molar-refractivity contribution is 6.18. The molecule has 6 heteroatoms. The third-order valence-electron chi connectivity index (χ3n) is 7.09. The van der Waals surface area contributed by atoms with Crippen molar-refractivity contribution in [3.05, 3.63) is 11.5 Å². The van der Waals surface area contributed by atoms with Crippen molar-refractivity contribution in [3.63, 3.8) is 0 Å². The van der Waals surface area contributed by atoms with E-state index in [1.54, 1.807) is 0 Å². The number of carbonyl (C=O) groups excluding carboxylic acids is 1. The lowest BCUT2D eigenvalue weighted by Gasteiger charge is -2.45. The van der Waals surface area contributed by atoms with Crippen molar-refractivity contribution in [3.8, 4) is 0 Å². The number of hydrogen-bond acceptors (Lipinski definition) is 3. The van der Waals surface area contributed by atoms with E-state index in [9.17, 15) is 4.79 Å². The van der Waals surface area contributed by atoms with Gasteiger partial charge in [-0.25, -0.2) is 9.78 Å². The molecule has 3 saturated carbocycles. The Balaban J connectivity index is 1.60. The van der Waals surface area contributed by atoms with Crippen LogP contribution in [0.2, 0.25) is 0 Å². The molecule has 26 heavy (non-hydrogen) atoms. The lowest BCUT2D eigenvalue weighted by molar-refractivity contribution is 0.129. The van der Waals surface area contributed by atoms with Gasteiger partial charge in [0.15, 0.2) is 11.7 Å². The van der Waals surface area contributed by atoms with E-state index in [0.29, 0.717) is 13.1 Å². The molecule has 0 radical (unpaired) electrons. The zero-order valence-corrected chi connectivity index (χ0v) is 15.9. The Bertz CT molecular complexity index is 744. The number of H-pyrrole nitrogens is 1. The van der Waals surface area contributed by atoms with Gasteiger partial charge < -0.3 is 4.98 Å². The van der Waals surface area contributed by atoms with Crippen LogP contribution in [0.3, 0.4) is 0 Å². The SMILES string of the molecule is CCCN1C(=O)N2C[C@@H](CC)N=C2c2[nH]c(C34CCC(CC3)CC4)nc21. The third kappa shape index (κ3) is 2.20. The highest BCUT2D eigenvalue weighted by Gasteiger charge is 2.47. The molecule has 0 aromatic carbocycles. The fraction of sp³-hybridized carbons (Fsp3) is 0.750. The molecule has 1 aromatic heterocycles. The van der Waals surface area contributed by atoms with Crippen LogP contribution in [-0.2, 0) is 5.41 Å². The van der Waals surface area contributed by atoms with Gasteiger partial charge in [-0.05, 0) is 57.3 Å². The summed E-state index contributed by atoms with van der Waals surface area (Å²) in [6.07, 6.45) is 9.58. The van der Waals surface area contributed by atoms with Gasteiger partial charge in [0.1, 0.15) is 11.5 Å². The van der Waals surface area contributed by atoms with Gasteiger partial charge in [-0.3, -0.25) is 14.8 Å². The molecule has 2 bridgehead atoms. The highest BCUT2D eigenvalue weighted by Crippen LogP contribution is 2.51. The van der Waals surface area contributed by atoms with Crippen LogP contribution in [0.15, 0.2) is 4.99 Å². The van der Waals surface area contributed by atoms with E-state index in [4.69, 9.17) is 9.98 Å². The first-order valence-corrected chi connectivity index (χ1v) is 10.4. The standard InChI is InChI=1S/C20H29N5O/c1-3-11-24-17-15(16-21-14(4-2)12-25(16)19(24)26)22-18(23-17)20-8-5-13(6-9-20)7-10-20/h13-14H,3-12H2,1-2H3,(H,22,23)/t13?,14-,20?/m1/s1. The molecule has 0 saturated heterocycles. The van der Waals surface area contributed by atoms with Crippen LogP contribution < -0.4 is 4.90 Å². The molecule has 3 heterocycles. The van der Waals surface area contributed by atoms with Crippen LogP contribution in [0.4, 0.5) is 10.6 Å². The molecule has 3 aliphatic carbocycles. The maximum atomic E-state index is 13.1. The molecule has 6 rings (SSSR count). The fourth-order valence-electron chi connectivity index (χ4n) is 5.40.